The van der Waals surface area contributed by atoms with Crippen molar-refractivity contribution in [1.82, 2.24) is 20.0 Å². The first-order valence-corrected chi connectivity index (χ1v) is 8.57. The van der Waals surface area contributed by atoms with Crippen LogP contribution >= 0.6 is 0 Å². The van der Waals surface area contributed by atoms with E-state index in [-0.39, 0.29) is 18.9 Å². The van der Waals surface area contributed by atoms with Crippen molar-refractivity contribution in [3.05, 3.63) is 66.2 Å². The molecule has 136 valence electrons. The molecule has 1 amide bonds. The lowest BCUT2D eigenvalue weighted by Gasteiger charge is -2.17. The van der Waals surface area contributed by atoms with Gasteiger partial charge in [0.2, 0.25) is 5.91 Å². The Balaban J connectivity index is 1.50. The summed E-state index contributed by atoms with van der Waals surface area (Å²) in [6.07, 6.45) is 5.64. The molecule has 0 bridgehead atoms. The van der Waals surface area contributed by atoms with Crippen molar-refractivity contribution in [1.29, 1.82) is 0 Å². The Morgan fingerprint density at radius 3 is 2.78 bits per heavy atom. The Morgan fingerprint density at radius 2 is 2.00 bits per heavy atom. The Bertz CT molecular complexity index is 986. The van der Waals surface area contributed by atoms with Gasteiger partial charge in [-0.3, -0.25) is 14.6 Å². The SMILES string of the molecule is O=C(O)C1CN(C(=O)CCc2cnnn2-c2cccnc2)c2ccccc21. The van der Waals surface area contributed by atoms with Crippen LogP contribution in [-0.4, -0.2) is 43.5 Å². The number of nitrogens with zero attached hydrogens (tertiary/aromatic N) is 5. The van der Waals surface area contributed by atoms with E-state index in [0.29, 0.717) is 17.7 Å². The second-order valence-corrected chi connectivity index (χ2v) is 6.30. The molecular weight excluding hydrogens is 346 g/mol. The Morgan fingerprint density at radius 1 is 1.15 bits per heavy atom. The minimum absolute atomic E-state index is 0.120. The van der Waals surface area contributed by atoms with Crippen LogP contribution in [0.3, 0.4) is 0 Å². The van der Waals surface area contributed by atoms with E-state index in [1.54, 1.807) is 52.4 Å². The number of aromatic nitrogens is 4. The second kappa shape index (κ2) is 6.99. The van der Waals surface area contributed by atoms with Crippen LogP contribution in [0.2, 0.25) is 0 Å². The van der Waals surface area contributed by atoms with Gasteiger partial charge in [-0.2, -0.15) is 0 Å². The van der Waals surface area contributed by atoms with Gasteiger partial charge in [-0.1, -0.05) is 23.4 Å². The maximum absolute atomic E-state index is 12.8. The molecule has 1 N–H and O–H groups in total. The van der Waals surface area contributed by atoms with Crippen molar-refractivity contribution >= 4 is 17.6 Å². The number of aliphatic carboxylic acids is 1. The van der Waals surface area contributed by atoms with Gasteiger partial charge < -0.3 is 10.0 Å². The average Bonchev–Trinajstić information content (AvgIpc) is 3.31. The predicted octanol–water partition coefficient (Wildman–Crippen LogP) is 1.81. The lowest BCUT2D eigenvalue weighted by atomic mass is 10.0. The average molecular weight is 363 g/mol. The topological polar surface area (TPSA) is 101 Å². The molecule has 1 aliphatic heterocycles. The van der Waals surface area contributed by atoms with E-state index < -0.39 is 11.9 Å². The van der Waals surface area contributed by atoms with E-state index in [0.717, 1.165) is 11.4 Å². The number of fused-ring (bicyclic) bond motifs is 1. The van der Waals surface area contributed by atoms with Crippen LogP contribution < -0.4 is 4.90 Å². The highest BCUT2D eigenvalue weighted by Gasteiger charge is 2.36. The number of anilines is 1. The van der Waals surface area contributed by atoms with Gasteiger partial charge in [0.1, 0.15) is 5.92 Å². The molecule has 27 heavy (non-hydrogen) atoms. The highest BCUT2D eigenvalue weighted by atomic mass is 16.4. The van der Waals surface area contributed by atoms with Crippen molar-refractivity contribution in [2.45, 2.75) is 18.8 Å². The standard InChI is InChI=1S/C19H17N5O3/c25-18(23-12-16(19(26)27)15-5-1-2-6-17(15)23)8-7-14-11-21-22-24(14)13-4-3-9-20-10-13/h1-6,9-11,16H,7-8,12H2,(H,26,27). The highest BCUT2D eigenvalue weighted by molar-refractivity contribution is 5.99. The fraction of sp³-hybridized carbons (Fsp3) is 0.211. The molecule has 0 spiro atoms. The third-order valence-electron chi connectivity index (χ3n) is 4.67. The zero-order chi connectivity index (χ0) is 18.8. The molecule has 1 atom stereocenters. The van der Waals surface area contributed by atoms with Gasteiger partial charge in [0.25, 0.3) is 0 Å². The largest absolute Gasteiger partial charge is 0.481 e. The molecule has 2 aromatic heterocycles. The number of carbonyl (C=O) groups excluding carboxylic acids is 1. The van der Waals surface area contributed by atoms with E-state index >= 15 is 0 Å². The van der Waals surface area contributed by atoms with Crippen molar-refractivity contribution in [2.75, 3.05) is 11.4 Å². The van der Waals surface area contributed by atoms with E-state index in [2.05, 4.69) is 15.3 Å². The van der Waals surface area contributed by atoms with Crippen molar-refractivity contribution < 1.29 is 14.7 Å². The van der Waals surface area contributed by atoms with Crippen LogP contribution in [0.15, 0.2) is 55.0 Å². The van der Waals surface area contributed by atoms with Crippen LogP contribution in [0.4, 0.5) is 5.69 Å². The zero-order valence-corrected chi connectivity index (χ0v) is 14.4. The fourth-order valence-electron chi connectivity index (χ4n) is 3.35. The number of pyridine rings is 1. The third-order valence-corrected chi connectivity index (χ3v) is 4.67. The minimum atomic E-state index is -0.920. The molecular formula is C19H17N5O3. The van der Waals surface area contributed by atoms with Gasteiger partial charge in [0.05, 0.1) is 23.8 Å². The number of carboxylic acid groups (broad SMARTS) is 1. The Labute approximate surface area is 155 Å². The quantitative estimate of drug-likeness (QED) is 0.742. The van der Waals surface area contributed by atoms with Crippen LogP contribution in [0.1, 0.15) is 23.6 Å². The summed E-state index contributed by atoms with van der Waals surface area (Å²) in [6, 6.07) is 10.8. The smallest absolute Gasteiger partial charge is 0.312 e. The maximum atomic E-state index is 12.8. The number of hydrogen-bond acceptors (Lipinski definition) is 5. The molecule has 0 saturated heterocycles. The molecule has 0 fully saturated rings. The summed E-state index contributed by atoms with van der Waals surface area (Å²) in [5, 5.41) is 17.4. The van der Waals surface area contributed by atoms with Crippen LogP contribution in [0.25, 0.3) is 5.69 Å². The molecule has 1 unspecified atom stereocenters. The molecule has 0 aliphatic carbocycles. The first kappa shape index (κ1) is 16.9. The fourth-order valence-corrected chi connectivity index (χ4v) is 3.35. The van der Waals surface area contributed by atoms with Gasteiger partial charge in [-0.05, 0) is 23.8 Å². The highest BCUT2D eigenvalue weighted by Crippen LogP contribution is 2.36. The van der Waals surface area contributed by atoms with E-state index in [4.69, 9.17) is 0 Å². The number of aryl methyl sites for hydroxylation is 1. The molecule has 8 nitrogen and oxygen atoms in total. The minimum Gasteiger partial charge on any atom is -0.481 e. The lowest BCUT2D eigenvalue weighted by Crippen LogP contribution is -2.31. The van der Waals surface area contributed by atoms with Gasteiger partial charge in [-0.15, -0.1) is 5.10 Å². The summed E-state index contributed by atoms with van der Waals surface area (Å²) in [4.78, 5) is 29.9. The van der Waals surface area contributed by atoms with Crippen LogP contribution in [0.5, 0.6) is 0 Å². The molecule has 1 aliphatic rings. The summed E-state index contributed by atoms with van der Waals surface area (Å²) in [5.74, 6) is -1.73. The zero-order valence-electron chi connectivity index (χ0n) is 14.4. The van der Waals surface area contributed by atoms with Crippen molar-refractivity contribution in [2.24, 2.45) is 0 Å². The third kappa shape index (κ3) is 3.17. The van der Waals surface area contributed by atoms with Gasteiger partial charge in [-0.25, -0.2) is 4.68 Å². The van der Waals surface area contributed by atoms with Gasteiger partial charge in [0, 0.05) is 31.3 Å². The first-order chi connectivity index (χ1) is 13.1. The van der Waals surface area contributed by atoms with Crippen molar-refractivity contribution in [3.63, 3.8) is 0 Å². The van der Waals surface area contributed by atoms with Crippen LogP contribution in [-0.2, 0) is 16.0 Å². The summed E-state index contributed by atoms with van der Waals surface area (Å²) in [5.41, 5.74) is 2.92. The number of carboxylic acids is 1. The summed E-state index contributed by atoms with van der Waals surface area (Å²) in [7, 11) is 0. The Hall–Kier alpha value is -3.55. The summed E-state index contributed by atoms with van der Waals surface area (Å²) >= 11 is 0. The molecule has 3 aromatic rings. The lowest BCUT2D eigenvalue weighted by molar-refractivity contribution is -0.138. The number of carbonyl (C=O) groups is 2. The van der Waals surface area contributed by atoms with E-state index in [1.165, 1.54) is 0 Å². The number of rotatable bonds is 5. The number of amides is 1. The maximum Gasteiger partial charge on any atom is 0.312 e. The molecule has 8 heteroatoms. The number of para-hydroxylation sites is 1. The molecule has 1 aromatic carbocycles. The second-order valence-electron chi connectivity index (χ2n) is 6.30. The summed E-state index contributed by atoms with van der Waals surface area (Å²) < 4.78 is 1.65. The normalized spacial score (nSPS) is 15.6. The number of benzene rings is 1. The van der Waals surface area contributed by atoms with Crippen molar-refractivity contribution in [3.8, 4) is 5.69 Å². The van der Waals surface area contributed by atoms with Gasteiger partial charge in [0.15, 0.2) is 0 Å². The molecule has 0 saturated carbocycles. The Kier molecular flexibility index (Phi) is 4.37. The predicted molar refractivity (Wildman–Crippen MR) is 96.6 cm³/mol. The van der Waals surface area contributed by atoms with Gasteiger partial charge >= 0.3 is 5.97 Å². The molecule has 4 rings (SSSR count). The molecule has 3 heterocycles. The number of hydrogen-bond donors (Lipinski definition) is 1. The first-order valence-electron chi connectivity index (χ1n) is 8.57. The van der Waals surface area contributed by atoms with E-state index in [1.807, 2.05) is 12.1 Å². The molecule has 0 radical (unpaired) electrons. The summed E-state index contributed by atoms with van der Waals surface area (Å²) in [6.45, 7) is 0.160. The van der Waals surface area contributed by atoms with Crippen LogP contribution in [0, 0.1) is 0 Å². The van der Waals surface area contributed by atoms with E-state index in [9.17, 15) is 14.7 Å². The monoisotopic (exact) mass is 363 g/mol.